The van der Waals surface area contributed by atoms with Crippen molar-refractivity contribution in [1.82, 2.24) is 15.5 Å². The minimum absolute atomic E-state index is 0. The van der Waals surface area contributed by atoms with Crippen LogP contribution < -0.4 is 16.0 Å². The number of benzene rings is 2. The number of anilines is 1. The highest BCUT2D eigenvalue weighted by molar-refractivity contribution is 14.0. The molecule has 2 aromatic carbocycles. The van der Waals surface area contributed by atoms with Gasteiger partial charge in [-0.2, -0.15) is 0 Å². The molecule has 6 nitrogen and oxygen atoms in total. The Morgan fingerprint density at radius 2 is 1.80 bits per heavy atom. The van der Waals surface area contributed by atoms with E-state index in [1.54, 1.807) is 19.2 Å². The molecule has 1 fully saturated rings. The zero-order chi connectivity index (χ0) is 20.5. The normalized spacial score (nSPS) is 13.5. The first kappa shape index (κ1) is 23.9. The van der Waals surface area contributed by atoms with Crippen LogP contribution in [-0.2, 0) is 13.0 Å². The lowest BCUT2D eigenvalue weighted by Gasteiger charge is -2.17. The molecule has 162 valence electrons. The van der Waals surface area contributed by atoms with Crippen molar-refractivity contribution in [2.24, 2.45) is 4.99 Å². The molecule has 0 aromatic heterocycles. The number of aliphatic imine (C=N–C) groups is 1. The van der Waals surface area contributed by atoms with E-state index in [2.05, 4.69) is 20.9 Å². The van der Waals surface area contributed by atoms with Crippen LogP contribution in [0, 0.1) is 5.82 Å². The van der Waals surface area contributed by atoms with E-state index in [9.17, 15) is 9.18 Å². The molecule has 0 aliphatic carbocycles. The summed E-state index contributed by atoms with van der Waals surface area (Å²) in [5, 5.41) is 9.46. The van der Waals surface area contributed by atoms with E-state index in [1.807, 2.05) is 35.2 Å². The summed E-state index contributed by atoms with van der Waals surface area (Å²) in [6.07, 6.45) is 2.85. The number of carbonyl (C=O) groups is 1. The molecule has 0 spiro atoms. The second-order valence-electron chi connectivity index (χ2n) is 7.06. The first-order valence-corrected chi connectivity index (χ1v) is 9.98. The number of urea groups is 1. The summed E-state index contributed by atoms with van der Waals surface area (Å²) in [7, 11) is 1.71. The molecule has 0 atom stereocenters. The fourth-order valence-electron chi connectivity index (χ4n) is 3.31. The molecule has 0 bridgehead atoms. The number of nitrogens with zero attached hydrogens (tertiary/aromatic N) is 2. The van der Waals surface area contributed by atoms with Gasteiger partial charge < -0.3 is 20.9 Å². The topological polar surface area (TPSA) is 68.8 Å². The maximum Gasteiger partial charge on any atom is 0.321 e. The van der Waals surface area contributed by atoms with Crippen molar-refractivity contribution >= 4 is 41.7 Å². The van der Waals surface area contributed by atoms with Gasteiger partial charge in [0.15, 0.2) is 5.96 Å². The second kappa shape index (κ2) is 12.4. The van der Waals surface area contributed by atoms with Gasteiger partial charge >= 0.3 is 6.03 Å². The van der Waals surface area contributed by atoms with Crippen molar-refractivity contribution in [1.29, 1.82) is 0 Å². The maximum absolute atomic E-state index is 13.2. The van der Waals surface area contributed by atoms with E-state index in [4.69, 9.17) is 0 Å². The van der Waals surface area contributed by atoms with E-state index in [1.165, 1.54) is 6.07 Å². The van der Waals surface area contributed by atoms with Crippen LogP contribution in [0.15, 0.2) is 53.5 Å². The molecule has 1 heterocycles. The molecule has 2 amide bonds. The lowest BCUT2D eigenvalue weighted by atomic mass is 10.1. The highest BCUT2D eigenvalue weighted by Crippen LogP contribution is 2.14. The van der Waals surface area contributed by atoms with Crippen molar-refractivity contribution in [2.45, 2.75) is 25.8 Å². The average molecular weight is 525 g/mol. The van der Waals surface area contributed by atoms with Crippen molar-refractivity contribution in [2.75, 3.05) is 32.0 Å². The van der Waals surface area contributed by atoms with Gasteiger partial charge in [-0.3, -0.25) is 4.99 Å². The van der Waals surface area contributed by atoms with Gasteiger partial charge in [0.05, 0.1) is 0 Å². The molecule has 1 saturated heterocycles. The molecule has 1 aliphatic heterocycles. The standard InChI is InChI=1S/C22H28FN5O.HI/c1-24-21(25-11-10-17-6-4-8-19(23)14-17)26-16-18-7-5-9-20(15-18)27-22(29)28-12-2-3-13-28;/h4-9,14-15H,2-3,10-13,16H2,1H3,(H,27,29)(H2,24,25,26);1H. The van der Waals surface area contributed by atoms with Gasteiger partial charge in [-0.05, 0) is 54.7 Å². The Kier molecular flexibility index (Phi) is 9.85. The Hall–Kier alpha value is -2.36. The Bertz CT molecular complexity index is 855. The summed E-state index contributed by atoms with van der Waals surface area (Å²) in [6, 6.07) is 14.3. The van der Waals surface area contributed by atoms with Gasteiger partial charge in [0, 0.05) is 38.9 Å². The molecule has 3 N–H and O–H groups in total. The van der Waals surface area contributed by atoms with Crippen molar-refractivity contribution in [3.05, 3.63) is 65.5 Å². The Morgan fingerprint density at radius 3 is 2.53 bits per heavy atom. The van der Waals surface area contributed by atoms with E-state index in [0.29, 0.717) is 25.5 Å². The Morgan fingerprint density at radius 1 is 1.07 bits per heavy atom. The van der Waals surface area contributed by atoms with Crippen molar-refractivity contribution in [3.63, 3.8) is 0 Å². The van der Waals surface area contributed by atoms with Crippen molar-refractivity contribution in [3.8, 4) is 0 Å². The number of amides is 2. The third kappa shape index (κ3) is 7.47. The van der Waals surface area contributed by atoms with Gasteiger partial charge in [-0.25, -0.2) is 9.18 Å². The van der Waals surface area contributed by atoms with Crippen LogP contribution in [0.4, 0.5) is 14.9 Å². The van der Waals surface area contributed by atoms with Gasteiger partial charge in [0.25, 0.3) is 0 Å². The van der Waals surface area contributed by atoms with Gasteiger partial charge in [-0.1, -0.05) is 24.3 Å². The third-order valence-corrected chi connectivity index (χ3v) is 4.85. The van der Waals surface area contributed by atoms with Crippen LogP contribution in [0.2, 0.25) is 0 Å². The fraction of sp³-hybridized carbons (Fsp3) is 0.364. The number of guanidine groups is 1. The van der Waals surface area contributed by atoms with Gasteiger partial charge in [-0.15, -0.1) is 24.0 Å². The zero-order valence-corrected chi connectivity index (χ0v) is 19.5. The first-order valence-electron chi connectivity index (χ1n) is 9.98. The lowest BCUT2D eigenvalue weighted by molar-refractivity contribution is 0.222. The summed E-state index contributed by atoms with van der Waals surface area (Å²) in [5.41, 5.74) is 2.77. The predicted octanol–water partition coefficient (Wildman–Crippen LogP) is 3.98. The molecule has 0 unspecified atom stereocenters. The summed E-state index contributed by atoms with van der Waals surface area (Å²) >= 11 is 0. The highest BCUT2D eigenvalue weighted by Gasteiger charge is 2.17. The summed E-state index contributed by atoms with van der Waals surface area (Å²) in [4.78, 5) is 18.3. The lowest BCUT2D eigenvalue weighted by Crippen LogP contribution is -2.37. The largest absolute Gasteiger partial charge is 0.356 e. The molecule has 30 heavy (non-hydrogen) atoms. The summed E-state index contributed by atoms with van der Waals surface area (Å²) < 4.78 is 13.2. The average Bonchev–Trinajstić information content (AvgIpc) is 3.26. The molecule has 0 saturated carbocycles. The predicted molar refractivity (Wildman–Crippen MR) is 130 cm³/mol. The minimum Gasteiger partial charge on any atom is -0.356 e. The number of carbonyl (C=O) groups excluding carboxylic acids is 1. The number of nitrogens with one attached hydrogen (secondary N) is 3. The van der Waals surface area contributed by atoms with Crippen LogP contribution >= 0.6 is 24.0 Å². The van der Waals surface area contributed by atoms with E-state index < -0.39 is 0 Å². The number of halogens is 2. The molecule has 3 rings (SSSR count). The minimum atomic E-state index is -0.221. The van der Waals surface area contributed by atoms with E-state index >= 15 is 0 Å². The SMILES string of the molecule is CN=C(NCCc1cccc(F)c1)NCc1cccc(NC(=O)N2CCCC2)c1.I. The highest BCUT2D eigenvalue weighted by atomic mass is 127. The second-order valence-corrected chi connectivity index (χ2v) is 7.06. The number of hydrogen-bond donors (Lipinski definition) is 3. The van der Waals surface area contributed by atoms with Crippen LogP contribution in [-0.4, -0.2) is 43.6 Å². The number of hydrogen-bond acceptors (Lipinski definition) is 2. The van der Waals surface area contributed by atoms with Gasteiger partial charge in [0.1, 0.15) is 5.82 Å². The Balaban J connectivity index is 0.00000320. The summed E-state index contributed by atoms with van der Waals surface area (Å²) in [5.74, 6) is 0.453. The number of rotatable bonds is 6. The van der Waals surface area contributed by atoms with Crippen LogP contribution in [0.1, 0.15) is 24.0 Å². The van der Waals surface area contributed by atoms with Crippen LogP contribution in [0.3, 0.4) is 0 Å². The van der Waals surface area contributed by atoms with E-state index in [-0.39, 0.29) is 35.8 Å². The molecule has 8 heteroatoms. The molecular weight excluding hydrogens is 496 g/mol. The van der Waals surface area contributed by atoms with Crippen LogP contribution in [0.5, 0.6) is 0 Å². The van der Waals surface area contributed by atoms with Gasteiger partial charge in [0.2, 0.25) is 0 Å². The first-order chi connectivity index (χ1) is 14.1. The molecular formula is C22H29FIN5O. The van der Waals surface area contributed by atoms with Crippen LogP contribution in [0.25, 0.3) is 0 Å². The maximum atomic E-state index is 13.2. The molecule has 0 radical (unpaired) electrons. The third-order valence-electron chi connectivity index (χ3n) is 4.85. The monoisotopic (exact) mass is 525 g/mol. The molecule has 1 aliphatic rings. The fourth-order valence-corrected chi connectivity index (χ4v) is 3.31. The Labute approximate surface area is 194 Å². The molecule has 2 aromatic rings. The number of likely N-dealkylation sites (tertiary alicyclic amines) is 1. The quantitative estimate of drug-likeness (QED) is 0.304. The summed E-state index contributed by atoms with van der Waals surface area (Å²) in [6.45, 7) is 2.87. The van der Waals surface area contributed by atoms with Crippen molar-refractivity contribution < 1.29 is 9.18 Å². The zero-order valence-electron chi connectivity index (χ0n) is 17.2. The smallest absolute Gasteiger partial charge is 0.321 e. The van der Waals surface area contributed by atoms with E-state index in [0.717, 1.165) is 42.7 Å².